The molecule has 0 aliphatic carbocycles. The third-order valence-corrected chi connectivity index (χ3v) is 4.28. The van der Waals surface area contributed by atoms with E-state index in [4.69, 9.17) is 0 Å². The molecular weight excluding hydrogens is 295 g/mol. The van der Waals surface area contributed by atoms with Gasteiger partial charge in [-0.05, 0) is 6.07 Å². The number of nitro groups is 1. The molecule has 1 saturated heterocycles. The van der Waals surface area contributed by atoms with Crippen molar-refractivity contribution in [3.8, 4) is 0 Å². The third kappa shape index (κ3) is 2.80. The van der Waals surface area contributed by atoms with E-state index in [1.165, 1.54) is 12.1 Å². The van der Waals surface area contributed by atoms with Crippen molar-refractivity contribution in [2.45, 2.75) is 0 Å². The molecule has 1 aromatic heterocycles. The van der Waals surface area contributed by atoms with Crippen LogP contribution in [0.1, 0.15) is 0 Å². The topological polar surface area (TPSA) is 62.5 Å². The van der Waals surface area contributed by atoms with Crippen LogP contribution in [0.25, 0.3) is 0 Å². The minimum absolute atomic E-state index is 0.0564. The minimum atomic E-state index is -0.470. The van der Waals surface area contributed by atoms with Gasteiger partial charge in [-0.2, -0.15) is 0 Å². The van der Waals surface area contributed by atoms with E-state index in [9.17, 15) is 14.5 Å². The fraction of sp³-hybridized carbons (Fsp3) is 0.308. The van der Waals surface area contributed by atoms with Crippen molar-refractivity contribution < 1.29 is 9.31 Å². The first-order valence-corrected chi connectivity index (χ1v) is 7.36. The van der Waals surface area contributed by atoms with Crippen LogP contribution in [-0.4, -0.2) is 36.1 Å². The summed E-state index contributed by atoms with van der Waals surface area (Å²) in [5, 5.41) is 13.9. The molecule has 1 aliphatic rings. The molecule has 0 radical (unpaired) electrons. The Morgan fingerprint density at radius 3 is 2.57 bits per heavy atom. The smallest absolute Gasteiger partial charge is 0.292 e. The Morgan fingerprint density at radius 1 is 1.24 bits per heavy atom. The number of hydrogen-bond acceptors (Lipinski definition) is 6. The zero-order valence-electron chi connectivity index (χ0n) is 11.1. The number of benzene rings is 1. The number of piperazine rings is 1. The van der Waals surface area contributed by atoms with Crippen molar-refractivity contribution in [3.05, 3.63) is 45.7 Å². The number of hydrogen-bond donors (Lipinski definition) is 0. The average molecular weight is 308 g/mol. The molecule has 3 rings (SSSR count). The van der Waals surface area contributed by atoms with Gasteiger partial charge in [0.2, 0.25) is 0 Å². The van der Waals surface area contributed by atoms with E-state index in [1.54, 1.807) is 17.5 Å². The molecule has 1 fully saturated rings. The number of aromatic nitrogens is 1. The maximum absolute atomic E-state index is 13.4. The van der Waals surface area contributed by atoms with E-state index < -0.39 is 10.7 Å². The van der Waals surface area contributed by atoms with E-state index in [2.05, 4.69) is 9.88 Å². The first kappa shape index (κ1) is 13.7. The Labute approximate surface area is 124 Å². The van der Waals surface area contributed by atoms with Crippen molar-refractivity contribution in [1.29, 1.82) is 0 Å². The second-order valence-electron chi connectivity index (χ2n) is 4.68. The van der Waals surface area contributed by atoms with Gasteiger partial charge in [0, 0.05) is 49.9 Å². The molecule has 0 atom stereocenters. The second kappa shape index (κ2) is 5.65. The highest BCUT2D eigenvalue weighted by molar-refractivity contribution is 7.13. The van der Waals surface area contributed by atoms with Gasteiger partial charge in [-0.25, -0.2) is 9.37 Å². The summed E-state index contributed by atoms with van der Waals surface area (Å²) in [5.41, 5.74) is 0.290. The summed E-state index contributed by atoms with van der Waals surface area (Å²) in [4.78, 5) is 18.8. The lowest BCUT2D eigenvalue weighted by Gasteiger charge is -2.35. The Morgan fingerprint density at radius 2 is 1.95 bits per heavy atom. The van der Waals surface area contributed by atoms with Crippen LogP contribution in [0.3, 0.4) is 0 Å². The van der Waals surface area contributed by atoms with Crippen LogP contribution < -0.4 is 9.80 Å². The van der Waals surface area contributed by atoms with Gasteiger partial charge in [0.05, 0.1) is 4.92 Å². The summed E-state index contributed by atoms with van der Waals surface area (Å²) in [6.07, 6.45) is 1.75. The molecule has 0 N–H and O–H groups in total. The highest BCUT2D eigenvalue weighted by atomic mass is 32.1. The fourth-order valence-electron chi connectivity index (χ4n) is 2.41. The monoisotopic (exact) mass is 308 g/mol. The number of halogens is 1. The van der Waals surface area contributed by atoms with Gasteiger partial charge < -0.3 is 9.80 Å². The molecule has 1 aliphatic heterocycles. The van der Waals surface area contributed by atoms with Gasteiger partial charge in [0.25, 0.3) is 5.69 Å². The standard InChI is InChI=1S/C13H13FN4O2S/c14-10-1-2-11(18(19)20)12(9-10)16-4-6-17(7-5-16)13-15-3-8-21-13/h1-3,8-9H,4-7H2. The second-order valence-corrected chi connectivity index (χ2v) is 5.55. The van der Waals surface area contributed by atoms with Gasteiger partial charge in [-0.15, -0.1) is 11.3 Å². The number of nitro benzene ring substituents is 1. The Balaban J connectivity index is 1.78. The summed E-state index contributed by atoms with van der Waals surface area (Å²) < 4.78 is 13.4. The normalized spacial score (nSPS) is 15.3. The third-order valence-electron chi connectivity index (χ3n) is 3.44. The van der Waals surface area contributed by atoms with Crippen LogP contribution in [0.4, 0.5) is 20.9 Å². The average Bonchev–Trinajstić information content (AvgIpc) is 3.01. The molecule has 8 heteroatoms. The molecule has 0 bridgehead atoms. The zero-order valence-corrected chi connectivity index (χ0v) is 11.9. The first-order chi connectivity index (χ1) is 10.1. The van der Waals surface area contributed by atoms with Crippen molar-refractivity contribution in [3.63, 3.8) is 0 Å². The fourth-order valence-corrected chi connectivity index (χ4v) is 3.11. The molecule has 0 spiro atoms. The summed E-state index contributed by atoms with van der Waals surface area (Å²) in [6, 6.07) is 3.57. The summed E-state index contributed by atoms with van der Waals surface area (Å²) in [6.45, 7) is 2.62. The summed E-state index contributed by atoms with van der Waals surface area (Å²) in [5.74, 6) is -0.460. The molecular formula is C13H13FN4O2S. The lowest BCUT2D eigenvalue weighted by Crippen LogP contribution is -2.46. The number of anilines is 2. The van der Waals surface area contributed by atoms with E-state index in [-0.39, 0.29) is 5.69 Å². The van der Waals surface area contributed by atoms with Gasteiger partial charge in [-0.3, -0.25) is 10.1 Å². The van der Waals surface area contributed by atoms with Crippen molar-refractivity contribution in [1.82, 2.24) is 4.98 Å². The maximum atomic E-state index is 13.4. The molecule has 21 heavy (non-hydrogen) atoms. The van der Waals surface area contributed by atoms with Crippen molar-refractivity contribution >= 4 is 27.8 Å². The number of thiazole rings is 1. The highest BCUT2D eigenvalue weighted by Gasteiger charge is 2.24. The molecule has 0 saturated carbocycles. The summed E-state index contributed by atoms with van der Waals surface area (Å²) in [7, 11) is 0. The molecule has 0 unspecified atom stereocenters. The quantitative estimate of drug-likeness (QED) is 0.644. The minimum Gasteiger partial charge on any atom is -0.362 e. The lowest BCUT2D eigenvalue weighted by atomic mass is 10.2. The highest BCUT2D eigenvalue weighted by Crippen LogP contribution is 2.30. The zero-order chi connectivity index (χ0) is 14.8. The van der Waals surface area contributed by atoms with Crippen LogP contribution in [0, 0.1) is 15.9 Å². The van der Waals surface area contributed by atoms with E-state index >= 15 is 0 Å². The van der Waals surface area contributed by atoms with Crippen molar-refractivity contribution in [2.24, 2.45) is 0 Å². The van der Waals surface area contributed by atoms with Crippen LogP contribution in [0.2, 0.25) is 0 Å². The molecule has 1 aromatic carbocycles. The Hall–Kier alpha value is -2.22. The largest absolute Gasteiger partial charge is 0.362 e. The molecule has 0 amide bonds. The predicted octanol–water partition coefficient (Wildman–Crippen LogP) is 2.52. The van der Waals surface area contributed by atoms with Crippen LogP contribution in [0.15, 0.2) is 29.8 Å². The maximum Gasteiger partial charge on any atom is 0.292 e. The van der Waals surface area contributed by atoms with Crippen LogP contribution in [-0.2, 0) is 0 Å². The number of nitrogens with zero attached hydrogens (tertiary/aromatic N) is 4. The van der Waals surface area contributed by atoms with E-state index in [0.29, 0.717) is 31.9 Å². The van der Waals surface area contributed by atoms with Gasteiger partial charge in [-0.1, -0.05) is 0 Å². The van der Waals surface area contributed by atoms with Gasteiger partial charge in [0.1, 0.15) is 11.5 Å². The Bertz CT molecular complexity index is 642. The van der Waals surface area contributed by atoms with Crippen molar-refractivity contribution in [2.75, 3.05) is 36.0 Å². The van der Waals surface area contributed by atoms with E-state index in [0.717, 1.165) is 11.2 Å². The van der Waals surface area contributed by atoms with E-state index in [1.807, 2.05) is 10.3 Å². The van der Waals surface area contributed by atoms with Crippen LogP contribution in [0.5, 0.6) is 0 Å². The molecule has 6 nitrogen and oxygen atoms in total. The molecule has 2 aromatic rings. The first-order valence-electron chi connectivity index (χ1n) is 6.48. The summed E-state index contributed by atoms with van der Waals surface area (Å²) >= 11 is 1.57. The predicted molar refractivity (Wildman–Crippen MR) is 79.6 cm³/mol. The SMILES string of the molecule is O=[N+]([O-])c1ccc(F)cc1N1CCN(c2nccs2)CC1. The van der Waals surface area contributed by atoms with Gasteiger partial charge in [0.15, 0.2) is 5.13 Å². The lowest BCUT2D eigenvalue weighted by molar-refractivity contribution is -0.384. The molecule has 110 valence electrons. The Kier molecular flexibility index (Phi) is 3.70. The molecule has 2 heterocycles. The number of rotatable bonds is 3. The van der Waals surface area contributed by atoms with Crippen LogP contribution >= 0.6 is 11.3 Å². The van der Waals surface area contributed by atoms with Gasteiger partial charge >= 0.3 is 0 Å².